The van der Waals surface area contributed by atoms with Crippen LogP contribution in [0.1, 0.15) is 38.1 Å². The van der Waals surface area contributed by atoms with E-state index in [1.54, 1.807) is 22.7 Å². The minimum Gasteiger partial charge on any atom is -0.359 e. The molecule has 160 valence electrons. The number of carbonyl (C=O) groups is 2. The molecule has 0 N–H and O–H groups in total. The van der Waals surface area contributed by atoms with Gasteiger partial charge in [-0.2, -0.15) is 5.10 Å². The fourth-order valence-corrected chi connectivity index (χ4v) is 4.29. The van der Waals surface area contributed by atoms with E-state index in [0.717, 1.165) is 46.8 Å². The van der Waals surface area contributed by atoms with Gasteiger partial charge < -0.3 is 14.3 Å². The number of aromatic nitrogens is 3. The van der Waals surface area contributed by atoms with Gasteiger partial charge in [-0.3, -0.25) is 14.3 Å². The Kier molecular flexibility index (Phi) is 4.64. The van der Waals surface area contributed by atoms with Crippen molar-refractivity contribution in [2.75, 3.05) is 16.3 Å². The van der Waals surface area contributed by atoms with Gasteiger partial charge in [0.15, 0.2) is 5.76 Å². The molecule has 5 rings (SSSR count). The average molecular weight is 419 g/mol. The van der Waals surface area contributed by atoms with Crippen molar-refractivity contribution in [3.63, 3.8) is 0 Å². The van der Waals surface area contributed by atoms with E-state index >= 15 is 0 Å². The molecule has 0 saturated heterocycles. The van der Waals surface area contributed by atoms with Gasteiger partial charge in [-0.25, -0.2) is 0 Å². The summed E-state index contributed by atoms with van der Waals surface area (Å²) < 4.78 is 7.08. The van der Waals surface area contributed by atoms with E-state index in [1.807, 2.05) is 49.2 Å². The Bertz CT molecular complexity index is 1160. The summed E-state index contributed by atoms with van der Waals surface area (Å²) in [7, 11) is 0. The summed E-state index contributed by atoms with van der Waals surface area (Å²) in [5.74, 6) is 0.991. The first kappa shape index (κ1) is 19.5. The van der Waals surface area contributed by atoms with Crippen LogP contribution in [-0.2, 0) is 16.1 Å². The number of fused-ring (bicyclic) bond motifs is 1. The molecule has 0 unspecified atom stereocenters. The summed E-state index contributed by atoms with van der Waals surface area (Å²) in [6.45, 7) is 6.44. The van der Waals surface area contributed by atoms with Crippen molar-refractivity contribution in [2.24, 2.45) is 5.92 Å². The molecule has 1 aliphatic heterocycles. The maximum absolute atomic E-state index is 13.0. The van der Waals surface area contributed by atoms with Crippen LogP contribution in [0.4, 0.5) is 11.4 Å². The molecule has 2 aliphatic rings. The highest BCUT2D eigenvalue weighted by Crippen LogP contribution is 2.42. The van der Waals surface area contributed by atoms with Crippen LogP contribution in [0.2, 0.25) is 0 Å². The lowest BCUT2D eigenvalue weighted by atomic mass is 10.0. The SMILES string of the molecule is CC(=O)N1c2ccc(-c3cnn(Cc4cc(C)no4)c3)cc2N(C(=O)C2CC2)C[C@@H]1C. The van der Waals surface area contributed by atoms with Crippen LogP contribution in [-0.4, -0.2) is 39.3 Å². The molecule has 1 saturated carbocycles. The number of rotatable bonds is 4. The fourth-order valence-electron chi connectivity index (χ4n) is 4.29. The lowest BCUT2D eigenvalue weighted by Gasteiger charge is -2.41. The van der Waals surface area contributed by atoms with Crippen molar-refractivity contribution in [1.29, 1.82) is 0 Å². The maximum Gasteiger partial charge on any atom is 0.230 e. The van der Waals surface area contributed by atoms with Crippen molar-refractivity contribution in [3.05, 3.63) is 48.1 Å². The van der Waals surface area contributed by atoms with Crippen LogP contribution in [0.3, 0.4) is 0 Å². The number of anilines is 2. The zero-order chi connectivity index (χ0) is 21.7. The Hall–Kier alpha value is -3.42. The molecule has 3 heterocycles. The zero-order valence-corrected chi connectivity index (χ0v) is 17.9. The Labute approximate surface area is 180 Å². The van der Waals surface area contributed by atoms with Crippen molar-refractivity contribution < 1.29 is 14.1 Å². The highest BCUT2D eigenvalue weighted by atomic mass is 16.5. The third-order valence-corrected chi connectivity index (χ3v) is 5.91. The van der Waals surface area contributed by atoms with Crippen molar-refractivity contribution >= 4 is 23.2 Å². The first-order valence-electron chi connectivity index (χ1n) is 10.6. The van der Waals surface area contributed by atoms with Crippen LogP contribution in [0.25, 0.3) is 11.1 Å². The van der Waals surface area contributed by atoms with E-state index in [2.05, 4.69) is 10.3 Å². The molecule has 2 amide bonds. The molecule has 1 fully saturated rings. The number of aryl methyl sites for hydroxylation is 1. The van der Waals surface area contributed by atoms with E-state index in [4.69, 9.17) is 4.52 Å². The standard InChI is InChI=1S/C23H25N5O3/c1-14-8-20(31-25-14)13-26-12-19(10-24-26)18-6-7-21-22(9-18)27(23(30)17-4-5-17)11-15(2)28(21)16(3)29/h6-10,12,15,17H,4-5,11,13H2,1-3H3/t15-/m0/s1. The molecule has 0 radical (unpaired) electrons. The highest BCUT2D eigenvalue weighted by molar-refractivity contribution is 6.06. The molecule has 1 aromatic carbocycles. The van der Waals surface area contributed by atoms with E-state index in [-0.39, 0.29) is 23.8 Å². The van der Waals surface area contributed by atoms with Crippen LogP contribution < -0.4 is 9.80 Å². The van der Waals surface area contributed by atoms with Gasteiger partial charge in [0, 0.05) is 37.2 Å². The Morgan fingerprint density at radius 3 is 2.65 bits per heavy atom. The molecule has 2 aromatic heterocycles. The van der Waals surface area contributed by atoms with Gasteiger partial charge in [-0.05, 0) is 44.4 Å². The summed E-state index contributed by atoms with van der Waals surface area (Å²) in [6.07, 6.45) is 5.64. The van der Waals surface area contributed by atoms with Crippen LogP contribution in [0, 0.1) is 12.8 Å². The molecule has 8 heteroatoms. The van der Waals surface area contributed by atoms with Gasteiger partial charge in [-0.15, -0.1) is 0 Å². The predicted octanol–water partition coefficient (Wildman–Crippen LogP) is 3.39. The molecule has 1 atom stereocenters. The van der Waals surface area contributed by atoms with E-state index in [9.17, 15) is 9.59 Å². The lowest BCUT2D eigenvalue weighted by molar-refractivity contribution is -0.120. The maximum atomic E-state index is 13.0. The molecular weight excluding hydrogens is 394 g/mol. The van der Waals surface area contributed by atoms with Crippen molar-refractivity contribution in [1.82, 2.24) is 14.9 Å². The molecule has 8 nitrogen and oxygen atoms in total. The molecule has 0 spiro atoms. The number of nitrogens with zero attached hydrogens (tertiary/aromatic N) is 5. The largest absolute Gasteiger partial charge is 0.359 e. The second-order valence-electron chi connectivity index (χ2n) is 8.53. The van der Waals surface area contributed by atoms with Gasteiger partial charge in [0.25, 0.3) is 0 Å². The minimum atomic E-state index is -0.0633. The number of benzene rings is 1. The second kappa shape index (κ2) is 7.37. The smallest absolute Gasteiger partial charge is 0.230 e. The van der Waals surface area contributed by atoms with Crippen molar-refractivity contribution in [2.45, 2.75) is 46.2 Å². The fraction of sp³-hybridized carbons (Fsp3) is 0.391. The summed E-state index contributed by atoms with van der Waals surface area (Å²) >= 11 is 0. The quantitative estimate of drug-likeness (QED) is 0.647. The Morgan fingerprint density at radius 1 is 1.16 bits per heavy atom. The normalized spacial score (nSPS) is 18.2. The zero-order valence-electron chi connectivity index (χ0n) is 17.9. The summed E-state index contributed by atoms with van der Waals surface area (Å²) in [4.78, 5) is 29.0. The average Bonchev–Trinajstić information content (AvgIpc) is 3.36. The molecular formula is C23H25N5O3. The topological polar surface area (TPSA) is 84.5 Å². The monoisotopic (exact) mass is 419 g/mol. The number of hydrogen-bond donors (Lipinski definition) is 0. The third-order valence-electron chi connectivity index (χ3n) is 5.91. The Morgan fingerprint density at radius 2 is 1.97 bits per heavy atom. The van der Waals surface area contributed by atoms with Gasteiger partial charge in [-0.1, -0.05) is 11.2 Å². The number of hydrogen-bond acceptors (Lipinski definition) is 5. The second-order valence-corrected chi connectivity index (χ2v) is 8.53. The number of amides is 2. The molecule has 31 heavy (non-hydrogen) atoms. The van der Waals surface area contributed by atoms with Crippen LogP contribution in [0.15, 0.2) is 41.2 Å². The van der Waals surface area contributed by atoms with E-state index < -0.39 is 0 Å². The first-order chi connectivity index (χ1) is 14.9. The first-order valence-corrected chi connectivity index (χ1v) is 10.6. The van der Waals surface area contributed by atoms with Gasteiger partial charge >= 0.3 is 0 Å². The van der Waals surface area contributed by atoms with E-state index in [1.165, 1.54) is 0 Å². The molecule has 1 aliphatic carbocycles. The van der Waals surface area contributed by atoms with E-state index in [0.29, 0.717) is 13.1 Å². The van der Waals surface area contributed by atoms with Crippen molar-refractivity contribution in [3.8, 4) is 11.1 Å². The predicted molar refractivity (Wildman–Crippen MR) is 116 cm³/mol. The van der Waals surface area contributed by atoms with Gasteiger partial charge in [0.1, 0.15) is 6.54 Å². The molecule has 3 aromatic rings. The minimum absolute atomic E-state index is 0.0183. The Balaban J connectivity index is 1.49. The van der Waals surface area contributed by atoms with Gasteiger partial charge in [0.05, 0.1) is 29.3 Å². The highest BCUT2D eigenvalue weighted by Gasteiger charge is 2.39. The third kappa shape index (κ3) is 3.62. The number of carbonyl (C=O) groups excluding carboxylic acids is 2. The summed E-state index contributed by atoms with van der Waals surface area (Å²) in [5.41, 5.74) is 4.30. The van der Waals surface area contributed by atoms with Crippen LogP contribution >= 0.6 is 0 Å². The summed E-state index contributed by atoms with van der Waals surface area (Å²) in [6, 6.07) is 7.74. The lowest BCUT2D eigenvalue weighted by Crippen LogP contribution is -2.51. The van der Waals surface area contributed by atoms with Gasteiger partial charge in [0.2, 0.25) is 11.8 Å². The summed E-state index contributed by atoms with van der Waals surface area (Å²) in [5, 5.41) is 8.35. The molecule has 0 bridgehead atoms. The van der Waals surface area contributed by atoms with Crippen LogP contribution in [0.5, 0.6) is 0 Å².